The fraction of sp³-hybridized carbons (Fsp3) is 1.00. The first-order valence-electron chi connectivity index (χ1n) is 3.75. The Bertz CT molecular complexity index is 131. The normalized spacial score (nSPS) is 45.8. The molecule has 4 unspecified atom stereocenters. The van der Waals surface area contributed by atoms with Crippen molar-refractivity contribution in [2.24, 2.45) is 5.73 Å². The van der Waals surface area contributed by atoms with Gasteiger partial charge >= 0.3 is 0 Å². The SMILES string of the molecule is COC1C(C)OCC(N)C1O. The van der Waals surface area contributed by atoms with Gasteiger partial charge in [-0.2, -0.15) is 0 Å². The molecule has 1 heterocycles. The van der Waals surface area contributed by atoms with Gasteiger partial charge in [0.2, 0.25) is 0 Å². The summed E-state index contributed by atoms with van der Waals surface area (Å²) in [6.45, 7) is 2.27. The molecular formula is C7H15NO3. The summed E-state index contributed by atoms with van der Waals surface area (Å²) < 4.78 is 10.3. The Balaban J connectivity index is 2.55. The van der Waals surface area contributed by atoms with E-state index in [1.807, 2.05) is 6.92 Å². The van der Waals surface area contributed by atoms with Crippen molar-refractivity contribution in [3.63, 3.8) is 0 Å². The third-order valence-corrected chi connectivity index (χ3v) is 2.06. The molecule has 0 aromatic rings. The maximum atomic E-state index is 9.48. The van der Waals surface area contributed by atoms with Gasteiger partial charge in [0, 0.05) is 7.11 Å². The number of methoxy groups -OCH3 is 1. The Kier molecular flexibility index (Phi) is 2.84. The maximum Gasteiger partial charge on any atom is 0.110 e. The molecule has 1 saturated heterocycles. The van der Waals surface area contributed by atoms with Crippen LogP contribution in [0.25, 0.3) is 0 Å². The van der Waals surface area contributed by atoms with E-state index >= 15 is 0 Å². The highest BCUT2D eigenvalue weighted by Gasteiger charge is 2.35. The van der Waals surface area contributed by atoms with Crippen LogP contribution in [0.5, 0.6) is 0 Å². The minimum absolute atomic E-state index is 0.0743. The van der Waals surface area contributed by atoms with E-state index in [-0.39, 0.29) is 18.2 Å². The number of rotatable bonds is 1. The van der Waals surface area contributed by atoms with E-state index in [1.54, 1.807) is 7.11 Å². The van der Waals surface area contributed by atoms with Crippen LogP contribution in [0.3, 0.4) is 0 Å². The van der Waals surface area contributed by atoms with Crippen LogP contribution in [0.15, 0.2) is 0 Å². The molecule has 1 aliphatic rings. The third kappa shape index (κ3) is 1.70. The number of aliphatic hydroxyl groups is 1. The molecule has 0 amide bonds. The van der Waals surface area contributed by atoms with Crippen molar-refractivity contribution in [3.8, 4) is 0 Å². The zero-order valence-corrected chi connectivity index (χ0v) is 6.86. The lowest BCUT2D eigenvalue weighted by molar-refractivity contribution is -0.150. The van der Waals surface area contributed by atoms with E-state index in [2.05, 4.69) is 0 Å². The second-order valence-electron chi connectivity index (χ2n) is 2.89. The number of ether oxygens (including phenoxy) is 2. The van der Waals surface area contributed by atoms with Crippen molar-refractivity contribution in [3.05, 3.63) is 0 Å². The monoisotopic (exact) mass is 161 g/mol. The number of nitrogens with two attached hydrogens (primary N) is 1. The summed E-state index contributed by atoms with van der Waals surface area (Å²) in [6.07, 6.45) is -0.975. The van der Waals surface area contributed by atoms with Crippen molar-refractivity contribution in [1.29, 1.82) is 0 Å². The molecule has 0 aromatic carbocycles. The Morgan fingerprint density at radius 2 is 2.27 bits per heavy atom. The molecule has 0 saturated carbocycles. The Hall–Kier alpha value is -0.160. The molecule has 11 heavy (non-hydrogen) atoms. The zero-order valence-electron chi connectivity index (χ0n) is 6.86. The summed E-state index contributed by atoms with van der Waals surface area (Å²) in [6, 6.07) is -0.323. The van der Waals surface area contributed by atoms with Gasteiger partial charge in [-0.3, -0.25) is 0 Å². The number of aliphatic hydroxyl groups excluding tert-OH is 1. The average molecular weight is 161 g/mol. The third-order valence-electron chi connectivity index (χ3n) is 2.06. The van der Waals surface area contributed by atoms with Gasteiger partial charge in [0.05, 0.1) is 24.9 Å². The fourth-order valence-corrected chi connectivity index (χ4v) is 1.31. The van der Waals surface area contributed by atoms with Gasteiger partial charge in [0.15, 0.2) is 0 Å². The smallest absolute Gasteiger partial charge is 0.110 e. The van der Waals surface area contributed by atoms with E-state index in [4.69, 9.17) is 15.2 Å². The fourth-order valence-electron chi connectivity index (χ4n) is 1.31. The van der Waals surface area contributed by atoms with Crippen LogP contribution < -0.4 is 5.73 Å². The summed E-state index contributed by atoms with van der Waals surface area (Å²) >= 11 is 0. The quantitative estimate of drug-likeness (QED) is 0.523. The molecule has 3 N–H and O–H groups in total. The molecular weight excluding hydrogens is 146 g/mol. The lowest BCUT2D eigenvalue weighted by atomic mass is 10.00. The van der Waals surface area contributed by atoms with Crippen LogP contribution in [0.2, 0.25) is 0 Å². The molecule has 0 bridgehead atoms. The van der Waals surface area contributed by atoms with E-state index in [0.29, 0.717) is 6.61 Å². The zero-order chi connectivity index (χ0) is 8.43. The van der Waals surface area contributed by atoms with Gasteiger partial charge in [0.1, 0.15) is 6.10 Å². The van der Waals surface area contributed by atoms with Crippen molar-refractivity contribution >= 4 is 0 Å². The molecule has 0 spiro atoms. The summed E-state index contributed by atoms with van der Waals surface area (Å²) in [5.41, 5.74) is 5.55. The lowest BCUT2D eigenvalue weighted by Gasteiger charge is -2.36. The second kappa shape index (κ2) is 3.49. The molecule has 1 aliphatic heterocycles. The molecule has 4 nitrogen and oxygen atoms in total. The van der Waals surface area contributed by atoms with Crippen LogP contribution in [0.1, 0.15) is 6.92 Å². The number of hydrogen-bond acceptors (Lipinski definition) is 4. The molecule has 0 aromatic heterocycles. The summed E-state index contributed by atoms with van der Waals surface area (Å²) in [4.78, 5) is 0. The Morgan fingerprint density at radius 3 is 2.73 bits per heavy atom. The highest BCUT2D eigenvalue weighted by molar-refractivity contribution is 4.87. The average Bonchev–Trinajstić information content (AvgIpc) is 1.99. The first kappa shape index (κ1) is 8.93. The Labute approximate surface area is 66.3 Å². The minimum atomic E-state index is -0.608. The van der Waals surface area contributed by atoms with E-state index in [9.17, 15) is 5.11 Å². The van der Waals surface area contributed by atoms with Crippen molar-refractivity contribution in [2.75, 3.05) is 13.7 Å². The van der Waals surface area contributed by atoms with Crippen molar-refractivity contribution < 1.29 is 14.6 Å². The number of hydrogen-bond donors (Lipinski definition) is 2. The molecule has 66 valence electrons. The summed E-state index contributed by atoms with van der Waals surface area (Å²) in [5, 5.41) is 9.48. The van der Waals surface area contributed by atoms with Crippen LogP contribution in [-0.2, 0) is 9.47 Å². The van der Waals surface area contributed by atoms with E-state index < -0.39 is 6.10 Å². The van der Waals surface area contributed by atoms with Gasteiger partial charge in [0.25, 0.3) is 0 Å². The van der Waals surface area contributed by atoms with Gasteiger partial charge < -0.3 is 20.3 Å². The van der Waals surface area contributed by atoms with Crippen LogP contribution in [0.4, 0.5) is 0 Å². The van der Waals surface area contributed by atoms with E-state index in [1.165, 1.54) is 0 Å². The van der Waals surface area contributed by atoms with Gasteiger partial charge in [-0.1, -0.05) is 0 Å². The molecule has 4 atom stereocenters. The summed E-state index contributed by atoms with van der Waals surface area (Å²) in [5.74, 6) is 0. The first-order valence-corrected chi connectivity index (χ1v) is 3.75. The van der Waals surface area contributed by atoms with Crippen LogP contribution in [-0.4, -0.2) is 43.2 Å². The van der Waals surface area contributed by atoms with Gasteiger partial charge in [-0.25, -0.2) is 0 Å². The largest absolute Gasteiger partial charge is 0.389 e. The maximum absolute atomic E-state index is 9.48. The predicted molar refractivity (Wildman–Crippen MR) is 40.2 cm³/mol. The highest BCUT2D eigenvalue weighted by Crippen LogP contribution is 2.15. The summed E-state index contributed by atoms with van der Waals surface area (Å²) in [7, 11) is 1.55. The van der Waals surface area contributed by atoms with Crippen LogP contribution in [0, 0.1) is 0 Å². The minimum Gasteiger partial charge on any atom is -0.389 e. The van der Waals surface area contributed by atoms with Crippen molar-refractivity contribution in [2.45, 2.75) is 31.3 Å². The standard InChI is InChI=1S/C7H15NO3/c1-4-7(10-2)6(9)5(8)3-11-4/h4-7,9H,3,8H2,1-2H3. The predicted octanol–water partition coefficient (Wildman–Crippen LogP) is -0.892. The molecule has 0 aliphatic carbocycles. The molecule has 1 fully saturated rings. The van der Waals surface area contributed by atoms with Gasteiger partial charge in [-0.15, -0.1) is 0 Å². The second-order valence-corrected chi connectivity index (χ2v) is 2.89. The molecule has 1 rings (SSSR count). The highest BCUT2D eigenvalue weighted by atomic mass is 16.5. The van der Waals surface area contributed by atoms with E-state index in [0.717, 1.165) is 0 Å². The van der Waals surface area contributed by atoms with Gasteiger partial charge in [-0.05, 0) is 6.92 Å². The topological polar surface area (TPSA) is 64.7 Å². The molecule has 0 radical (unpaired) electrons. The molecule has 4 heteroatoms. The van der Waals surface area contributed by atoms with Crippen LogP contribution >= 0.6 is 0 Å². The first-order chi connectivity index (χ1) is 5.16. The Morgan fingerprint density at radius 1 is 1.64 bits per heavy atom. The lowest BCUT2D eigenvalue weighted by Crippen LogP contribution is -2.56. The van der Waals surface area contributed by atoms with Crippen molar-refractivity contribution in [1.82, 2.24) is 0 Å².